The van der Waals surface area contributed by atoms with Gasteiger partial charge in [-0.05, 0) is 48.5 Å². The highest BCUT2D eigenvalue weighted by molar-refractivity contribution is 5.87. The maximum Gasteiger partial charge on any atom is 0.335 e. The van der Waals surface area contributed by atoms with Crippen molar-refractivity contribution >= 4 is 22.6 Å². The number of para-hydroxylation sites is 1. The van der Waals surface area contributed by atoms with Gasteiger partial charge in [0.1, 0.15) is 37.0 Å². The lowest BCUT2D eigenvalue weighted by Gasteiger charge is -2.20. The average Bonchev–Trinajstić information content (AvgIpc) is 2.92. The zero-order valence-corrected chi connectivity index (χ0v) is 20.1. The van der Waals surface area contributed by atoms with Gasteiger partial charge in [-0.3, -0.25) is 4.90 Å². The number of fused-ring (bicyclic) bond motifs is 1. The molecule has 0 aliphatic rings. The number of nitrogens with one attached hydrogen (secondary N) is 1. The number of rotatable bonds is 9. The van der Waals surface area contributed by atoms with E-state index in [0.717, 1.165) is 44.1 Å². The molecular formula is C31H28FN2O3+. The van der Waals surface area contributed by atoms with Gasteiger partial charge in [0, 0.05) is 30.1 Å². The van der Waals surface area contributed by atoms with Crippen LogP contribution in [-0.4, -0.2) is 16.1 Å². The monoisotopic (exact) mass is 495 g/mol. The largest absolute Gasteiger partial charge is 0.487 e. The normalized spacial score (nSPS) is 11.8. The van der Waals surface area contributed by atoms with Crippen LogP contribution >= 0.6 is 0 Å². The molecule has 0 radical (unpaired) electrons. The van der Waals surface area contributed by atoms with E-state index in [9.17, 15) is 14.3 Å². The summed E-state index contributed by atoms with van der Waals surface area (Å²) in [6.07, 6.45) is 0. The molecule has 37 heavy (non-hydrogen) atoms. The molecule has 0 aliphatic heterocycles. The van der Waals surface area contributed by atoms with Gasteiger partial charge in [-0.1, -0.05) is 48.5 Å². The predicted molar refractivity (Wildman–Crippen MR) is 142 cm³/mol. The van der Waals surface area contributed by atoms with Gasteiger partial charge < -0.3 is 9.84 Å². The molecule has 0 fully saturated rings. The molecule has 2 N–H and O–H groups in total. The van der Waals surface area contributed by atoms with E-state index >= 15 is 0 Å². The fourth-order valence-corrected chi connectivity index (χ4v) is 4.30. The Bertz CT molecular complexity index is 1530. The summed E-state index contributed by atoms with van der Waals surface area (Å²) in [5.41, 5.74) is 4.91. The highest BCUT2D eigenvalue weighted by Crippen LogP contribution is 2.17. The van der Waals surface area contributed by atoms with Crippen LogP contribution in [-0.2, 0) is 19.7 Å². The Kier molecular flexibility index (Phi) is 7.19. The smallest absolute Gasteiger partial charge is 0.335 e. The number of carboxylic acids is 1. The van der Waals surface area contributed by atoms with E-state index in [1.165, 1.54) is 6.07 Å². The van der Waals surface area contributed by atoms with Crippen LogP contribution in [0.3, 0.4) is 0 Å². The molecule has 186 valence electrons. The van der Waals surface area contributed by atoms with Gasteiger partial charge in [0.2, 0.25) is 0 Å². The molecule has 0 aliphatic carbocycles. The molecule has 1 unspecified atom stereocenters. The van der Waals surface area contributed by atoms with Crippen molar-refractivity contribution in [2.24, 2.45) is 0 Å². The lowest BCUT2D eigenvalue weighted by molar-refractivity contribution is -0.862. The highest BCUT2D eigenvalue weighted by Gasteiger charge is 2.16. The van der Waals surface area contributed by atoms with Crippen LogP contribution in [0, 0.1) is 5.82 Å². The van der Waals surface area contributed by atoms with Gasteiger partial charge in [-0.25, -0.2) is 14.2 Å². The van der Waals surface area contributed by atoms with Crippen LogP contribution in [0.5, 0.6) is 5.75 Å². The lowest BCUT2D eigenvalue weighted by atomic mass is 10.1. The maximum atomic E-state index is 13.8. The summed E-state index contributed by atoms with van der Waals surface area (Å²) < 4.78 is 19.8. The molecule has 1 atom stereocenters. The number of pyridine rings is 1. The number of carboxylic acid groups (broad SMARTS) is 1. The van der Waals surface area contributed by atoms with Crippen molar-refractivity contribution < 1.29 is 25.4 Å². The molecule has 0 saturated heterocycles. The molecule has 1 aromatic heterocycles. The summed E-state index contributed by atoms with van der Waals surface area (Å²) >= 11 is 0. The minimum absolute atomic E-state index is 0. The van der Waals surface area contributed by atoms with E-state index in [-0.39, 0.29) is 12.8 Å². The average molecular weight is 496 g/mol. The zero-order valence-electron chi connectivity index (χ0n) is 20.1. The number of aromatic nitrogens is 1. The molecule has 5 nitrogen and oxygen atoms in total. The van der Waals surface area contributed by atoms with Crippen LogP contribution in [0.4, 0.5) is 10.1 Å². The number of benzene rings is 4. The first kappa shape index (κ1) is 24.2. The van der Waals surface area contributed by atoms with Gasteiger partial charge >= 0.3 is 5.97 Å². The topological polar surface area (TPSA) is 63.9 Å². The van der Waals surface area contributed by atoms with Crippen LogP contribution in [0.2, 0.25) is 0 Å². The standard InChI is InChI=1S/C31H25FN2O3.H2/c32-26-6-3-4-23(18-26)20-34(19-22-8-10-25(11-9-22)31(35)36)28-14-16-29(17-15-28)37-21-27-13-12-24-5-1-2-7-30(24)33-27;/h1-18H,19-21H2,(H,35,36);1H/p+1. The number of ether oxygens (including phenoxy) is 1. The first-order chi connectivity index (χ1) is 18.0. The fraction of sp³-hybridized carbons (Fsp3) is 0.0968. The van der Waals surface area contributed by atoms with Gasteiger partial charge in [0.15, 0.2) is 0 Å². The first-order valence-electron chi connectivity index (χ1n) is 12.0. The number of halogens is 1. The number of hydrogen-bond acceptors (Lipinski definition) is 3. The van der Waals surface area contributed by atoms with Gasteiger partial charge in [0.05, 0.1) is 16.8 Å². The summed E-state index contributed by atoms with van der Waals surface area (Å²) in [7, 11) is 0. The van der Waals surface area contributed by atoms with Gasteiger partial charge in [-0.15, -0.1) is 0 Å². The van der Waals surface area contributed by atoms with E-state index in [0.29, 0.717) is 19.7 Å². The van der Waals surface area contributed by atoms with Crippen molar-refractivity contribution in [2.45, 2.75) is 19.7 Å². The molecule has 5 aromatic rings. The molecular weight excluding hydrogens is 467 g/mol. The number of hydrogen-bond donors (Lipinski definition) is 2. The lowest BCUT2D eigenvalue weighted by Crippen LogP contribution is -3.04. The maximum absolute atomic E-state index is 13.8. The van der Waals surface area contributed by atoms with Crippen molar-refractivity contribution in [3.8, 4) is 5.75 Å². The van der Waals surface area contributed by atoms with Gasteiger partial charge in [-0.2, -0.15) is 0 Å². The summed E-state index contributed by atoms with van der Waals surface area (Å²) in [6, 6.07) is 33.3. The summed E-state index contributed by atoms with van der Waals surface area (Å²) in [6.45, 7) is 1.54. The molecule has 4 aromatic carbocycles. The molecule has 5 rings (SSSR count). The minimum Gasteiger partial charge on any atom is -0.487 e. The number of quaternary nitrogens is 1. The second-order valence-electron chi connectivity index (χ2n) is 8.90. The predicted octanol–water partition coefficient (Wildman–Crippen LogP) is 5.81. The third-order valence-corrected chi connectivity index (χ3v) is 6.23. The number of nitrogens with zero attached hydrogens (tertiary/aromatic N) is 1. The summed E-state index contributed by atoms with van der Waals surface area (Å²) in [4.78, 5) is 17.0. The Hall–Kier alpha value is -4.55. The Morgan fingerprint density at radius 2 is 1.59 bits per heavy atom. The minimum atomic E-state index is -0.954. The highest BCUT2D eigenvalue weighted by atomic mass is 19.1. The van der Waals surface area contributed by atoms with Crippen molar-refractivity contribution in [1.29, 1.82) is 0 Å². The summed E-state index contributed by atoms with van der Waals surface area (Å²) in [5, 5.41) is 10.3. The van der Waals surface area contributed by atoms with Crippen LogP contribution in [0.15, 0.2) is 109 Å². The molecule has 0 spiro atoms. The Morgan fingerprint density at radius 1 is 0.838 bits per heavy atom. The number of carbonyl (C=O) groups is 1. The Balaban J connectivity index is 0.00000336. The fourth-order valence-electron chi connectivity index (χ4n) is 4.30. The molecule has 0 amide bonds. The van der Waals surface area contributed by atoms with Crippen LogP contribution in [0.1, 0.15) is 28.6 Å². The third-order valence-electron chi connectivity index (χ3n) is 6.23. The zero-order chi connectivity index (χ0) is 25.6. The Morgan fingerprint density at radius 3 is 2.35 bits per heavy atom. The third kappa shape index (κ3) is 6.18. The van der Waals surface area contributed by atoms with Crippen molar-refractivity contribution in [3.05, 3.63) is 137 Å². The van der Waals surface area contributed by atoms with Crippen molar-refractivity contribution in [1.82, 2.24) is 4.98 Å². The van der Waals surface area contributed by atoms with E-state index in [1.807, 2.05) is 78.9 Å². The van der Waals surface area contributed by atoms with Crippen LogP contribution < -0.4 is 9.64 Å². The van der Waals surface area contributed by atoms with Gasteiger partial charge in [0.25, 0.3) is 0 Å². The van der Waals surface area contributed by atoms with Crippen molar-refractivity contribution in [3.63, 3.8) is 0 Å². The first-order valence-corrected chi connectivity index (χ1v) is 12.0. The second kappa shape index (κ2) is 11.0. The number of aromatic carboxylic acids is 1. The SMILES string of the molecule is O=C(O)c1ccc(C[NH+](Cc2cccc(F)c2)c2ccc(OCc3ccc4ccccc4n3)cc2)cc1.[HH]. The van der Waals surface area contributed by atoms with Crippen molar-refractivity contribution in [2.75, 3.05) is 0 Å². The van der Waals surface area contributed by atoms with E-state index in [1.54, 1.807) is 24.3 Å². The molecule has 1 heterocycles. The van der Waals surface area contributed by atoms with E-state index in [2.05, 4.69) is 4.98 Å². The quantitative estimate of drug-likeness (QED) is 0.271. The van der Waals surface area contributed by atoms with Crippen LogP contribution in [0.25, 0.3) is 10.9 Å². The summed E-state index contributed by atoms with van der Waals surface area (Å²) in [5.74, 6) is -0.492. The van der Waals surface area contributed by atoms with E-state index in [4.69, 9.17) is 4.74 Å². The van der Waals surface area contributed by atoms with E-state index < -0.39 is 5.97 Å². The molecule has 0 saturated carbocycles. The molecule has 0 bridgehead atoms. The second-order valence-corrected chi connectivity index (χ2v) is 8.90. The Labute approximate surface area is 215 Å². The molecule has 6 heteroatoms.